The first kappa shape index (κ1) is 23.0. The number of aryl methyl sites for hydroxylation is 2. The summed E-state index contributed by atoms with van der Waals surface area (Å²) >= 11 is 0. The van der Waals surface area contributed by atoms with Crippen molar-refractivity contribution in [1.29, 1.82) is 0 Å². The van der Waals surface area contributed by atoms with E-state index < -0.39 is 0 Å². The van der Waals surface area contributed by atoms with Crippen LogP contribution in [0.2, 0.25) is 0 Å². The van der Waals surface area contributed by atoms with Gasteiger partial charge in [0.25, 0.3) is 0 Å². The van der Waals surface area contributed by atoms with Crippen LogP contribution in [0.1, 0.15) is 56.7 Å². The molecule has 0 saturated heterocycles. The van der Waals surface area contributed by atoms with Gasteiger partial charge in [0.15, 0.2) is 0 Å². The highest BCUT2D eigenvalue weighted by molar-refractivity contribution is 5.96. The molecule has 166 valence electrons. The van der Waals surface area contributed by atoms with Gasteiger partial charge in [0, 0.05) is 31.7 Å². The molecule has 2 aromatic carbocycles. The fourth-order valence-corrected chi connectivity index (χ4v) is 4.10. The number of ether oxygens (including phenoxy) is 1. The molecule has 1 N–H and O–H groups in total. The molecule has 0 unspecified atom stereocenters. The Bertz CT molecular complexity index is 907. The van der Waals surface area contributed by atoms with Crippen LogP contribution in [0.25, 0.3) is 0 Å². The van der Waals surface area contributed by atoms with Gasteiger partial charge < -0.3 is 15.0 Å². The molecule has 1 aliphatic heterocycles. The van der Waals surface area contributed by atoms with Crippen molar-refractivity contribution in [1.82, 2.24) is 5.32 Å². The van der Waals surface area contributed by atoms with Crippen molar-refractivity contribution in [3.8, 4) is 0 Å². The van der Waals surface area contributed by atoms with Crippen LogP contribution < -0.4 is 10.2 Å². The normalized spacial score (nSPS) is 13.6. The number of hydrogen-bond acceptors (Lipinski definition) is 3. The molecule has 0 spiro atoms. The van der Waals surface area contributed by atoms with Crippen molar-refractivity contribution in [3.05, 3.63) is 65.2 Å². The molecule has 2 amide bonds. The topological polar surface area (TPSA) is 58.6 Å². The maximum absolute atomic E-state index is 13.2. The van der Waals surface area contributed by atoms with E-state index in [-0.39, 0.29) is 30.3 Å². The molecule has 2 aromatic rings. The molecule has 0 radical (unpaired) electrons. The number of rotatable bonds is 8. The number of carbonyl (C=O) groups excluding carboxylic acids is 2. The Labute approximate surface area is 185 Å². The fourth-order valence-electron chi connectivity index (χ4n) is 4.10. The summed E-state index contributed by atoms with van der Waals surface area (Å²) in [5.74, 6) is -0.115. The maximum atomic E-state index is 13.2. The second-order valence-electron chi connectivity index (χ2n) is 8.67. The number of benzene rings is 2. The molecule has 0 fully saturated rings. The quantitative estimate of drug-likeness (QED) is 0.685. The number of anilines is 1. The average molecular weight is 423 g/mol. The van der Waals surface area contributed by atoms with Crippen LogP contribution in [0, 0.1) is 0 Å². The van der Waals surface area contributed by atoms with E-state index in [2.05, 4.69) is 29.6 Å². The lowest BCUT2D eigenvalue weighted by Crippen LogP contribution is -2.35. The highest BCUT2D eigenvalue weighted by Crippen LogP contribution is 2.29. The number of hydrogen-bond donors (Lipinski definition) is 1. The molecule has 0 saturated carbocycles. The number of para-hydroxylation sites is 1. The predicted octanol–water partition coefficient (Wildman–Crippen LogP) is 4.42. The van der Waals surface area contributed by atoms with E-state index in [1.54, 1.807) is 0 Å². The molecule has 0 bridgehead atoms. The van der Waals surface area contributed by atoms with E-state index in [4.69, 9.17) is 4.74 Å². The molecule has 3 rings (SSSR count). The van der Waals surface area contributed by atoms with E-state index in [0.29, 0.717) is 19.7 Å². The first-order valence-corrected chi connectivity index (χ1v) is 11.3. The zero-order chi connectivity index (χ0) is 22.3. The Balaban J connectivity index is 1.62. The number of carbonyl (C=O) groups is 2. The van der Waals surface area contributed by atoms with Crippen LogP contribution in [0.4, 0.5) is 5.69 Å². The van der Waals surface area contributed by atoms with Crippen LogP contribution >= 0.6 is 0 Å². The van der Waals surface area contributed by atoms with Gasteiger partial charge in [-0.05, 0) is 62.8 Å². The van der Waals surface area contributed by atoms with Crippen molar-refractivity contribution in [2.75, 3.05) is 18.1 Å². The minimum Gasteiger partial charge on any atom is -0.376 e. The standard InChI is InChI=1S/C26H34N2O3/c1-4-31-26(2,3)17-18-27-24(29)15-16-25(30)28-19-22-11-6-5-9-20(22)13-14-21-10-7-8-12-23(21)28/h5-12H,4,13-19H2,1-3H3,(H,27,29). The molecule has 0 atom stereocenters. The zero-order valence-electron chi connectivity index (χ0n) is 18.9. The van der Waals surface area contributed by atoms with Crippen molar-refractivity contribution < 1.29 is 14.3 Å². The molecular weight excluding hydrogens is 388 g/mol. The van der Waals surface area contributed by atoms with Gasteiger partial charge in [-0.25, -0.2) is 0 Å². The second kappa shape index (κ2) is 10.6. The van der Waals surface area contributed by atoms with Gasteiger partial charge in [-0.15, -0.1) is 0 Å². The summed E-state index contributed by atoms with van der Waals surface area (Å²) in [6.45, 7) is 7.73. The van der Waals surface area contributed by atoms with Crippen LogP contribution in [0.5, 0.6) is 0 Å². The molecule has 5 nitrogen and oxygen atoms in total. The molecule has 1 heterocycles. The van der Waals surface area contributed by atoms with E-state index in [1.807, 2.05) is 49.9 Å². The molecule has 0 aromatic heterocycles. The van der Waals surface area contributed by atoms with E-state index >= 15 is 0 Å². The first-order valence-electron chi connectivity index (χ1n) is 11.3. The van der Waals surface area contributed by atoms with Gasteiger partial charge in [0.2, 0.25) is 11.8 Å². The third-order valence-corrected chi connectivity index (χ3v) is 5.84. The number of fused-ring (bicyclic) bond motifs is 2. The monoisotopic (exact) mass is 422 g/mol. The van der Waals surface area contributed by atoms with Gasteiger partial charge in [-0.2, -0.15) is 0 Å². The summed E-state index contributed by atoms with van der Waals surface area (Å²) in [6, 6.07) is 16.4. The Morgan fingerprint density at radius 1 is 0.968 bits per heavy atom. The Hall–Kier alpha value is -2.66. The van der Waals surface area contributed by atoms with Crippen molar-refractivity contribution in [3.63, 3.8) is 0 Å². The minimum absolute atomic E-state index is 0.0195. The average Bonchev–Trinajstić information content (AvgIpc) is 2.73. The van der Waals surface area contributed by atoms with Crippen molar-refractivity contribution >= 4 is 17.5 Å². The van der Waals surface area contributed by atoms with Crippen LogP contribution in [-0.2, 0) is 33.7 Å². The molecule has 0 aliphatic carbocycles. The van der Waals surface area contributed by atoms with Gasteiger partial charge in [0.1, 0.15) is 0 Å². The maximum Gasteiger partial charge on any atom is 0.227 e. The summed E-state index contributed by atoms with van der Waals surface area (Å²) < 4.78 is 5.66. The van der Waals surface area contributed by atoms with Crippen molar-refractivity contribution in [2.24, 2.45) is 0 Å². The number of nitrogens with one attached hydrogen (secondary N) is 1. The second-order valence-corrected chi connectivity index (χ2v) is 8.67. The highest BCUT2D eigenvalue weighted by Gasteiger charge is 2.23. The molecule has 5 heteroatoms. The fraction of sp³-hybridized carbons (Fsp3) is 0.462. The molecule has 1 aliphatic rings. The first-order chi connectivity index (χ1) is 14.9. The zero-order valence-corrected chi connectivity index (χ0v) is 18.9. The van der Waals surface area contributed by atoms with E-state index in [0.717, 1.165) is 24.9 Å². The Kier molecular flexibility index (Phi) is 7.85. The van der Waals surface area contributed by atoms with Crippen LogP contribution in [-0.4, -0.2) is 30.6 Å². The van der Waals surface area contributed by atoms with Crippen LogP contribution in [0.15, 0.2) is 48.5 Å². The van der Waals surface area contributed by atoms with Gasteiger partial charge in [0.05, 0.1) is 12.1 Å². The smallest absolute Gasteiger partial charge is 0.227 e. The summed E-state index contributed by atoms with van der Waals surface area (Å²) in [7, 11) is 0. The lowest BCUT2D eigenvalue weighted by atomic mass is 9.95. The summed E-state index contributed by atoms with van der Waals surface area (Å²) in [4.78, 5) is 27.3. The highest BCUT2D eigenvalue weighted by atomic mass is 16.5. The third kappa shape index (κ3) is 6.41. The minimum atomic E-state index is -0.264. The lowest BCUT2D eigenvalue weighted by molar-refractivity contribution is -0.125. The molecular formula is C26H34N2O3. The van der Waals surface area contributed by atoms with Crippen LogP contribution in [0.3, 0.4) is 0 Å². The number of amides is 2. The Morgan fingerprint density at radius 3 is 2.35 bits per heavy atom. The summed E-state index contributed by atoms with van der Waals surface area (Å²) in [5.41, 5.74) is 4.32. The summed E-state index contributed by atoms with van der Waals surface area (Å²) in [6.07, 6.45) is 2.98. The number of nitrogens with zero attached hydrogens (tertiary/aromatic N) is 1. The van der Waals surface area contributed by atoms with E-state index in [1.165, 1.54) is 16.7 Å². The van der Waals surface area contributed by atoms with Gasteiger partial charge in [-0.3, -0.25) is 9.59 Å². The van der Waals surface area contributed by atoms with Gasteiger partial charge >= 0.3 is 0 Å². The largest absolute Gasteiger partial charge is 0.376 e. The third-order valence-electron chi connectivity index (χ3n) is 5.84. The SMILES string of the molecule is CCOC(C)(C)CCNC(=O)CCC(=O)N1Cc2ccccc2CCc2ccccc21. The van der Waals surface area contributed by atoms with Gasteiger partial charge in [-0.1, -0.05) is 42.5 Å². The molecule has 31 heavy (non-hydrogen) atoms. The predicted molar refractivity (Wildman–Crippen MR) is 124 cm³/mol. The van der Waals surface area contributed by atoms with E-state index in [9.17, 15) is 9.59 Å². The summed E-state index contributed by atoms with van der Waals surface area (Å²) in [5, 5.41) is 2.92. The Morgan fingerprint density at radius 2 is 1.61 bits per heavy atom. The lowest BCUT2D eigenvalue weighted by Gasteiger charge is -2.29. The van der Waals surface area contributed by atoms with Crippen molar-refractivity contribution in [2.45, 2.75) is 65.0 Å².